The molecule has 2 aromatic rings. The maximum absolute atomic E-state index is 13.1. The second-order valence-electron chi connectivity index (χ2n) is 8.70. The van der Waals surface area contributed by atoms with Gasteiger partial charge in [-0.15, -0.1) is 0 Å². The molecule has 29 heavy (non-hydrogen) atoms. The first-order valence-corrected chi connectivity index (χ1v) is 10.7. The Hall–Kier alpha value is -2.36. The van der Waals surface area contributed by atoms with Crippen molar-refractivity contribution in [1.82, 2.24) is 0 Å². The summed E-state index contributed by atoms with van der Waals surface area (Å²) in [5, 5.41) is 0. The molecule has 0 amide bonds. The highest BCUT2D eigenvalue weighted by Crippen LogP contribution is 2.34. The molecule has 0 bridgehead atoms. The molecule has 154 valence electrons. The average molecular weight is 396 g/mol. The smallest absolute Gasteiger partial charge is 0.167 e. The molecule has 2 aromatic carbocycles. The van der Waals surface area contributed by atoms with Gasteiger partial charge in [-0.25, -0.2) is 4.39 Å². The number of anilines is 1. The van der Waals surface area contributed by atoms with Crippen molar-refractivity contribution in [2.45, 2.75) is 51.1 Å². The summed E-state index contributed by atoms with van der Waals surface area (Å²) in [5.41, 5.74) is 3.66. The monoisotopic (exact) mass is 395 g/mol. The first-order chi connectivity index (χ1) is 14.0. The van der Waals surface area contributed by atoms with Gasteiger partial charge in [0, 0.05) is 31.1 Å². The van der Waals surface area contributed by atoms with Crippen LogP contribution < -0.4 is 9.64 Å². The van der Waals surface area contributed by atoms with Gasteiger partial charge in [0.15, 0.2) is 12.0 Å². The number of benzene rings is 2. The molecule has 2 atom stereocenters. The Bertz CT molecular complexity index is 821. The normalized spacial score (nSPS) is 18.8. The predicted octanol–water partition coefficient (Wildman–Crippen LogP) is 5.50. The highest BCUT2D eigenvalue weighted by atomic mass is 19.1. The third-order valence-electron chi connectivity index (χ3n) is 6.19. The van der Waals surface area contributed by atoms with Crippen LogP contribution in [-0.2, 0) is 4.79 Å². The third kappa shape index (κ3) is 4.98. The lowest BCUT2D eigenvalue weighted by atomic mass is 9.88. The number of carbonyl (C=O) groups excluding carboxylic acids is 1. The lowest BCUT2D eigenvalue weighted by Crippen LogP contribution is -2.45. The van der Waals surface area contributed by atoms with Gasteiger partial charge in [0.1, 0.15) is 5.75 Å². The maximum atomic E-state index is 13.1. The lowest BCUT2D eigenvalue weighted by molar-refractivity contribution is -0.123. The summed E-state index contributed by atoms with van der Waals surface area (Å²) < 4.78 is 18.9. The Balaban J connectivity index is 1.27. The molecule has 0 radical (unpaired) electrons. The molecule has 0 aromatic heterocycles. The van der Waals surface area contributed by atoms with Crippen LogP contribution in [0, 0.1) is 5.92 Å². The van der Waals surface area contributed by atoms with Gasteiger partial charge in [0.05, 0.1) is 6.61 Å². The van der Waals surface area contributed by atoms with E-state index in [9.17, 15) is 9.18 Å². The molecular formula is C25H30FNO2. The van der Waals surface area contributed by atoms with E-state index in [1.807, 2.05) is 6.92 Å². The van der Waals surface area contributed by atoms with Crippen LogP contribution in [0.1, 0.15) is 56.1 Å². The number of halogens is 1. The molecule has 1 saturated carbocycles. The Morgan fingerprint density at radius 1 is 1.07 bits per heavy atom. The van der Waals surface area contributed by atoms with Crippen molar-refractivity contribution < 1.29 is 13.9 Å². The van der Waals surface area contributed by atoms with E-state index in [2.05, 4.69) is 53.4 Å². The minimum atomic E-state index is -1.38. The zero-order valence-electron chi connectivity index (χ0n) is 17.3. The van der Waals surface area contributed by atoms with Crippen LogP contribution in [0.15, 0.2) is 48.5 Å². The number of rotatable bonds is 9. The van der Waals surface area contributed by atoms with Crippen LogP contribution in [0.3, 0.4) is 0 Å². The number of ketones is 1. The maximum Gasteiger partial charge on any atom is 0.167 e. The second kappa shape index (κ2) is 8.56. The van der Waals surface area contributed by atoms with Crippen LogP contribution in [0.25, 0.3) is 0 Å². The van der Waals surface area contributed by atoms with E-state index in [1.165, 1.54) is 31.0 Å². The second-order valence-corrected chi connectivity index (χ2v) is 8.70. The van der Waals surface area contributed by atoms with Crippen LogP contribution in [-0.4, -0.2) is 31.7 Å². The van der Waals surface area contributed by atoms with Crippen molar-refractivity contribution in [2.75, 3.05) is 24.6 Å². The minimum absolute atomic E-state index is 0.0493. The van der Waals surface area contributed by atoms with E-state index in [0.29, 0.717) is 5.92 Å². The SMILES string of the molecule is CC(F)C(=O)C[C@@H](C)c1ccc(C2CN(c3ccc(OCC4CC4)cc3)C2)cc1. The fourth-order valence-electron chi connectivity index (χ4n) is 3.83. The summed E-state index contributed by atoms with van der Waals surface area (Å²) in [6.45, 7) is 6.17. The van der Waals surface area contributed by atoms with Gasteiger partial charge in [0.2, 0.25) is 0 Å². The standard InChI is InChI=1S/C25H30FNO2/c1-17(13-25(28)18(2)26)20-5-7-21(8-6-20)22-14-27(15-22)23-9-11-24(12-10-23)29-16-19-3-4-19/h5-12,17-19,22H,3-4,13-16H2,1-2H3/t17-,18?/m1/s1. The third-order valence-corrected chi connectivity index (χ3v) is 6.19. The number of hydrogen-bond acceptors (Lipinski definition) is 3. The molecule has 1 saturated heterocycles. The van der Waals surface area contributed by atoms with Crippen molar-refractivity contribution in [1.29, 1.82) is 0 Å². The fraction of sp³-hybridized carbons (Fsp3) is 0.480. The van der Waals surface area contributed by atoms with E-state index < -0.39 is 6.17 Å². The average Bonchev–Trinajstić information content (AvgIpc) is 3.51. The van der Waals surface area contributed by atoms with Gasteiger partial charge < -0.3 is 9.64 Å². The van der Waals surface area contributed by atoms with Crippen LogP contribution in [0.4, 0.5) is 10.1 Å². The Kier molecular flexibility index (Phi) is 5.89. The highest BCUT2D eigenvalue weighted by Gasteiger charge is 2.28. The molecule has 2 aliphatic rings. The van der Waals surface area contributed by atoms with Crippen molar-refractivity contribution in [3.63, 3.8) is 0 Å². The largest absolute Gasteiger partial charge is 0.493 e. The number of ether oxygens (including phenoxy) is 1. The predicted molar refractivity (Wildman–Crippen MR) is 115 cm³/mol. The first-order valence-electron chi connectivity index (χ1n) is 10.7. The number of hydrogen-bond donors (Lipinski definition) is 0. The van der Waals surface area contributed by atoms with Crippen molar-refractivity contribution in [3.8, 4) is 5.75 Å². The van der Waals surface area contributed by atoms with E-state index in [1.54, 1.807) is 0 Å². The van der Waals surface area contributed by atoms with Crippen molar-refractivity contribution >= 4 is 11.5 Å². The molecule has 1 aliphatic heterocycles. The number of nitrogens with zero attached hydrogens (tertiary/aromatic N) is 1. The van der Waals surface area contributed by atoms with Gasteiger partial charge in [-0.2, -0.15) is 0 Å². The number of carbonyl (C=O) groups is 1. The van der Waals surface area contributed by atoms with Crippen molar-refractivity contribution in [2.24, 2.45) is 5.92 Å². The van der Waals surface area contributed by atoms with Crippen molar-refractivity contribution in [3.05, 3.63) is 59.7 Å². The number of Topliss-reactive ketones (excluding diaryl/α,β-unsaturated/α-hetero) is 1. The molecule has 1 unspecified atom stereocenters. The molecule has 0 spiro atoms. The van der Waals surface area contributed by atoms with E-state index in [0.717, 1.165) is 36.9 Å². The Labute approximate surface area is 172 Å². The van der Waals surface area contributed by atoms with Crippen LogP contribution >= 0.6 is 0 Å². The molecule has 3 nitrogen and oxygen atoms in total. The Morgan fingerprint density at radius 3 is 2.31 bits per heavy atom. The Morgan fingerprint density at radius 2 is 1.72 bits per heavy atom. The minimum Gasteiger partial charge on any atom is -0.493 e. The molecule has 2 fully saturated rings. The van der Waals surface area contributed by atoms with Crippen LogP contribution in [0.2, 0.25) is 0 Å². The number of alkyl halides is 1. The molecule has 4 heteroatoms. The molecule has 1 aliphatic carbocycles. The zero-order chi connectivity index (χ0) is 20.4. The summed E-state index contributed by atoms with van der Waals surface area (Å²) in [6, 6.07) is 16.9. The van der Waals surface area contributed by atoms with Gasteiger partial charge in [-0.3, -0.25) is 4.79 Å². The summed E-state index contributed by atoms with van der Waals surface area (Å²) in [7, 11) is 0. The zero-order valence-corrected chi connectivity index (χ0v) is 17.3. The molecule has 1 heterocycles. The summed E-state index contributed by atoms with van der Waals surface area (Å²) in [6.07, 6.45) is 1.50. The van der Waals surface area contributed by atoms with Gasteiger partial charge >= 0.3 is 0 Å². The fourth-order valence-corrected chi connectivity index (χ4v) is 3.83. The lowest BCUT2D eigenvalue weighted by Gasteiger charge is -2.41. The highest BCUT2D eigenvalue weighted by molar-refractivity contribution is 5.83. The topological polar surface area (TPSA) is 29.5 Å². The van der Waals surface area contributed by atoms with E-state index in [-0.39, 0.29) is 18.1 Å². The first kappa shape index (κ1) is 19.9. The quantitative estimate of drug-likeness (QED) is 0.561. The molecule has 4 rings (SSSR count). The molecule has 0 N–H and O–H groups in total. The molecular weight excluding hydrogens is 365 g/mol. The summed E-state index contributed by atoms with van der Waals surface area (Å²) >= 11 is 0. The van der Waals surface area contributed by atoms with Gasteiger partial charge in [0.25, 0.3) is 0 Å². The van der Waals surface area contributed by atoms with E-state index in [4.69, 9.17) is 4.74 Å². The van der Waals surface area contributed by atoms with Gasteiger partial charge in [-0.1, -0.05) is 31.2 Å². The summed E-state index contributed by atoms with van der Waals surface area (Å²) in [4.78, 5) is 14.0. The summed E-state index contributed by atoms with van der Waals surface area (Å²) in [5.74, 6) is 1.99. The van der Waals surface area contributed by atoms with Gasteiger partial charge in [-0.05, 0) is 67.0 Å². The van der Waals surface area contributed by atoms with E-state index >= 15 is 0 Å². The van der Waals surface area contributed by atoms with Crippen LogP contribution in [0.5, 0.6) is 5.75 Å².